The molecule has 22 heavy (non-hydrogen) atoms. The van der Waals surface area contributed by atoms with E-state index in [1.54, 1.807) is 0 Å². The monoisotopic (exact) mass is 301 g/mol. The zero-order valence-corrected chi connectivity index (χ0v) is 13.1. The van der Waals surface area contributed by atoms with Gasteiger partial charge in [-0.1, -0.05) is 0 Å². The highest BCUT2D eigenvalue weighted by Gasteiger charge is 2.46. The fourth-order valence-electron chi connectivity index (χ4n) is 4.14. The zero-order chi connectivity index (χ0) is 15.1. The van der Waals surface area contributed by atoms with Gasteiger partial charge in [-0.05, 0) is 44.7 Å². The number of aromatic nitrogens is 2. The van der Waals surface area contributed by atoms with Gasteiger partial charge in [0.05, 0.1) is 17.8 Å². The van der Waals surface area contributed by atoms with Crippen molar-refractivity contribution in [2.75, 3.05) is 31.1 Å². The van der Waals surface area contributed by atoms with Crippen LogP contribution in [0, 0.1) is 6.92 Å². The van der Waals surface area contributed by atoms with Gasteiger partial charge < -0.3 is 14.7 Å². The van der Waals surface area contributed by atoms with Crippen LogP contribution in [0.5, 0.6) is 0 Å². The van der Waals surface area contributed by atoms with Crippen LogP contribution in [0.25, 0.3) is 0 Å². The number of rotatable bonds is 1. The van der Waals surface area contributed by atoms with Crippen molar-refractivity contribution >= 4 is 11.8 Å². The molecule has 6 heteroatoms. The molecule has 1 aromatic heterocycles. The van der Waals surface area contributed by atoms with Crippen molar-refractivity contribution in [1.82, 2.24) is 20.0 Å². The number of hydrogen-bond donors (Lipinski definition) is 0. The van der Waals surface area contributed by atoms with Crippen LogP contribution >= 0.6 is 0 Å². The molecule has 2 atom stereocenters. The highest BCUT2D eigenvalue weighted by molar-refractivity contribution is 5.76. The molecule has 0 spiro atoms. The van der Waals surface area contributed by atoms with E-state index in [4.69, 9.17) is 0 Å². The topological polar surface area (TPSA) is 52.6 Å². The van der Waals surface area contributed by atoms with Crippen molar-refractivity contribution in [2.45, 2.75) is 44.7 Å². The molecule has 3 fully saturated rings. The number of urea groups is 1. The minimum absolute atomic E-state index is 0.252. The lowest BCUT2D eigenvalue weighted by molar-refractivity contribution is 0.157. The first-order chi connectivity index (χ1) is 10.7. The van der Waals surface area contributed by atoms with Gasteiger partial charge in [-0.25, -0.2) is 4.79 Å². The van der Waals surface area contributed by atoms with Gasteiger partial charge in [0.25, 0.3) is 0 Å². The molecule has 0 aliphatic carbocycles. The molecule has 3 aliphatic heterocycles. The third-order valence-electron chi connectivity index (χ3n) is 5.28. The lowest BCUT2D eigenvalue weighted by Crippen LogP contribution is -2.46. The summed E-state index contributed by atoms with van der Waals surface area (Å²) >= 11 is 0. The molecule has 4 rings (SSSR count). The quantitative estimate of drug-likeness (QED) is 0.791. The van der Waals surface area contributed by atoms with Gasteiger partial charge in [0, 0.05) is 26.2 Å². The highest BCUT2D eigenvalue weighted by Crippen LogP contribution is 2.35. The van der Waals surface area contributed by atoms with Crippen molar-refractivity contribution in [3.8, 4) is 0 Å². The Balaban J connectivity index is 1.49. The first-order valence-corrected chi connectivity index (χ1v) is 8.36. The summed E-state index contributed by atoms with van der Waals surface area (Å²) in [4.78, 5) is 19.2. The summed E-state index contributed by atoms with van der Waals surface area (Å²) in [7, 11) is 0. The van der Waals surface area contributed by atoms with Crippen LogP contribution in [-0.4, -0.2) is 64.3 Å². The van der Waals surface area contributed by atoms with Crippen LogP contribution < -0.4 is 4.90 Å². The number of aryl methyl sites for hydroxylation is 1. The second-order valence-corrected chi connectivity index (χ2v) is 6.61. The minimum atomic E-state index is 0.252. The maximum absolute atomic E-state index is 12.7. The van der Waals surface area contributed by atoms with Crippen molar-refractivity contribution in [2.24, 2.45) is 0 Å². The van der Waals surface area contributed by atoms with Gasteiger partial charge in [-0.15, -0.1) is 5.10 Å². The molecule has 0 N–H and O–H groups in total. The van der Waals surface area contributed by atoms with Gasteiger partial charge in [0.1, 0.15) is 0 Å². The zero-order valence-electron chi connectivity index (χ0n) is 13.1. The lowest BCUT2D eigenvalue weighted by Gasteiger charge is -2.29. The second kappa shape index (κ2) is 5.41. The van der Waals surface area contributed by atoms with Crippen LogP contribution in [0.1, 0.15) is 31.4 Å². The number of nitrogens with zero attached hydrogens (tertiary/aromatic N) is 5. The van der Waals surface area contributed by atoms with E-state index in [9.17, 15) is 4.79 Å². The maximum atomic E-state index is 12.7. The van der Waals surface area contributed by atoms with Crippen LogP contribution in [0.15, 0.2) is 12.1 Å². The van der Waals surface area contributed by atoms with E-state index in [0.717, 1.165) is 63.4 Å². The average molecular weight is 301 g/mol. The Morgan fingerprint density at radius 1 is 1.05 bits per heavy atom. The van der Waals surface area contributed by atoms with Crippen LogP contribution in [0.4, 0.5) is 10.6 Å². The van der Waals surface area contributed by atoms with Gasteiger partial charge in [-0.3, -0.25) is 0 Å². The molecule has 3 aliphatic rings. The summed E-state index contributed by atoms with van der Waals surface area (Å²) in [5, 5.41) is 8.50. The normalized spacial score (nSPS) is 27.6. The van der Waals surface area contributed by atoms with E-state index >= 15 is 0 Å². The Morgan fingerprint density at radius 2 is 1.82 bits per heavy atom. The summed E-state index contributed by atoms with van der Waals surface area (Å²) in [5.74, 6) is 0.952. The van der Waals surface area contributed by atoms with E-state index in [-0.39, 0.29) is 6.03 Å². The molecule has 0 unspecified atom stereocenters. The number of amides is 2. The summed E-state index contributed by atoms with van der Waals surface area (Å²) < 4.78 is 0. The van der Waals surface area contributed by atoms with Crippen molar-refractivity contribution in [3.63, 3.8) is 0 Å². The smallest absolute Gasteiger partial charge is 0.320 e. The molecule has 0 aromatic carbocycles. The summed E-state index contributed by atoms with van der Waals surface area (Å²) in [6.45, 7) is 5.66. The lowest BCUT2D eigenvalue weighted by atomic mass is 10.1. The SMILES string of the molecule is Cc1ccc(N2CC[C@@H]3[C@@H]2CCN3C(=O)N2CCCC2)nn1. The Labute approximate surface area is 131 Å². The fraction of sp³-hybridized carbons (Fsp3) is 0.688. The average Bonchev–Trinajstić information content (AvgIpc) is 3.25. The minimum Gasteiger partial charge on any atom is -0.350 e. The van der Waals surface area contributed by atoms with Crippen molar-refractivity contribution in [1.29, 1.82) is 0 Å². The molecule has 2 amide bonds. The molecular formula is C16H23N5O. The van der Waals surface area contributed by atoms with Gasteiger partial charge in [-0.2, -0.15) is 5.10 Å². The standard InChI is InChI=1S/C16H23N5O/c1-12-4-5-15(18-17-12)20-10-6-14-13(20)7-11-21(14)16(22)19-8-2-3-9-19/h4-5,13-14H,2-3,6-11H2,1H3/t13-,14+/m0/s1. The first-order valence-electron chi connectivity index (χ1n) is 8.36. The van der Waals surface area contributed by atoms with Gasteiger partial charge in [0.15, 0.2) is 5.82 Å². The molecular weight excluding hydrogens is 278 g/mol. The molecule has 6 nitrogen and oxygen atoms in total. The third kappa shape index (κ3) is 2.21. The van der Waals surface area contributed by atoms with Crippen LogP contribution in [-0.2, 0) is 0 Å². The Morgan fingerprint density at radius 3 is 2.55 bits per heavy atom. The molecule has 1 aromatic rings. The van der Waals surface area contributed by atoms with Crippen LogP contribution in [0.2, 0.25) is 0 Å². The third-order valence-corrected chi connectivity index (χ3v) is 5.28. The largest absolute Gasteiger partial charge is 0.350 e. The van der Waals surface area contributed by atoms with E-state index < -0.39 is 0 Å². The van der Waals surface area contributed by atoms with E-state index in [0.29, 0.717) is 12.1 Å². The molecule has 4 heterocycles. The fourth-order valence-corrected chi connectivity index (χ4v) is 4.14. The second-order valence-electron chi connectivity index (χ2n) is 6.61. The number of hydrogen-bond acceptors (Lipinski definition) is 4. The summed E-state index contributed by atoms with van der Waals surface area (Å²) in [5.41, 5.74) is 0.941. The predicted molar refractivity (Wildman–Crippen MR) is 83.8 cm³/mol. The maximum Gasteiger partial charge on any atom is 0.320 e. The van der Waals surface area contributed by atoms with Crippen LogP contribution in [0.3, 0.4) is 0 Å². The summed E-state index contributed by atoms with van der Waals surface area (Å²) in [6, 6.07) is 5.06. The van der Waals surface area contributed by atoms with Gasteiger partial charge >= 0.3 is 6.03 Å². The number of carbonyl (C=O) groups is 1. The Bertz CT molecular complexity index is 554. The first kappa shape index (κ1) is 13.8. The van der Waals surface area contributed by atoms with E-state index in [1.807, 2.05) is 17.9 Å². The number of likely N-dealkylation sites (tertiary alicyclic amines) is 2. The van der Waals surface area contributed by atoms with Crippen molar-refractivity contribution < 1.29 is 4.79 Å². The Hall–Kier alpha value is -1.85. The molecule has 3 saturated heterocycles. The van der Waals surface area contributed by atoms with E-state index in [2.05, 4.69) is 26.1 Å². The molecule has 118 valence electrons. The number of carbonyl (C=O) groups excluding carboxylic acids is 1. The van der Waals surface area contributed by atoms with Gasteiger partial charge in [0.2, 0.25) is 0 Å². The number of fused-ring (bicyclic) bond motifs is 1. The molecule has 0 bridgehead atoms. The van der Waals surface area contributed by atoms with Crippen molar-refractivity contribution in [3.05, 3.63) is 17.8 Å². The van der Waals surface area contributed by atoms with E-state index in [1.165, 1.54) is 0 Å². The predicted octanol–water partition coefficient (Wildman–Crippen LogP) is 1.65. The molecule has 0 radical (unpaired) electrons. The Kier molecular flexibility index (Phi) is 3.39. The highest BCUT2D eigenvalue weighted by atomic mass is 16.2. The number of anilines is 1. The molecule has 0 saturated carbocycles. The summed E-state index contributed by atoms with van der Waals surface area (Å²) in [6.07, 6.45) is 4.39.